The molecule has 0 bridgehead atoms. The standard InChI is InChI=1S/C21H19BrFNO4S/c1-3-8-24-20(25)19(29-21(24)26)10-14-9-17(27-2)18(11-15(14)22)28-12-13-6-4-5-7-16(13)23/h4-7,9-11H,3,8,12H2,1-2H3/b19-10+. The summed E-state index contributed by atoms with van der Waals surface area (Å²) in [6, 6.07) is 9.78. The Morgan fingerprint density at radius 3 is 2.66 bits per heavy atom. The lowest BCUT2D eigenvalue weighted by atomic mass is 10.1. The third kappa shape index (κ3) is 4.82. The number of nitrogens with zero attached hydrogens (tertiary/aromatic N) is 1. The van der Waals surface area contributed by atoms with Gasteiger partial charge in [-0.3, -0.25) is 14.5 Å². The van der Waals surface area contributed by atoms with Crippen molar-refractivity contribution < 1.29 is 23.5 Å². The summed E-state index contributed by atoms with van der Waals surface area (Å²) in [7, 11) is 1.50. The van der Waals surface area contributed by atoms with Crippen molar-refractivity contribution in [1.29, 1.82) is 0 Å². The molecule has 0 radical (unpaired) electrons. The molecule has 0 aromatic heterocycles. The lowest BCUT2D eigenvalue weighted by Crippen LogP contribution is -2.28. The molecule has 2 aromatic rings. The SMILES string of the molecule is CCCN1C(=O)S/C(=C/c2cc(OC)c(OCc3ccccc3F)cc2Br)C1=O. The molecule has 1 heterocycles. The molecule has 0 unspecified atom stereocenters. The number of hydrogen-bond acceptors (Lipinski definition) is 5. The third-order valence-corrected chi connectivity index (χ3v) is 5.83. The minimum atomic E-state index is -0.343. The highest BCUT2D eigenvalue weighted by Gasteiger charge is 2.34. The van der Waals surface area contributed by atoms with Gasteiger partial charge in [0.15, 0.2) is 11.5 Å². The van der Waals surface area contributed by atoms with Crippen LogP contribution in [0.4, 0.5) is 9.18 Å². The molecule has 3 rings (SSSR count). The van der Waals surface area contributed by atoms with Crippen LogP contribution in [0, 0.1) is 5.82 Å². The number of amides is 2. The van der Waals surface area contributed by atoms with Crippen LogP contribution in [0.5, 0.6) is 11.5 Å². The predicted molar refractivity (Wildman–Crippen MR) is 114 cm³/mol. The fourth-order valence-electron chi connectivity index (χ4n) is 2.76. The molecule has 1 aliphatic rings. The molecular weight excluding hydrogens is 461 g/mol. The number of imide groups is 1. The molecule has 2 aromatic carbocycles. The van der Waals surface area contributed by atoms with Gasteiger partial charge in [-0.1, -0.05) is 41.1 Å². The van der Waals surface area contributed by atoms with E-state index in [1.807, 2.05) is 6.92 Å². The highest BCUT2D eigenvalue weighted by Crippen LogP contribution is 2.38. The van der Waals surface area contributed by atoms with E-state index < -0.39 is 0 Å². The number of ether oxygens (including phenoxy) is 2. The Morgan fingerprint density at radius 1 is 1.21 bits per heavy atom. The molecule has 0 aliphatic carbocycles. The fraction of sp³-hybridized carbons (Fsp3) is 0.238. The van der Waals surface area contributed by atoms with Crippen LogP contribution in [0.3, 0.4) is 0 Å². The Morgan fingerprint density at radius 2 is 1.97 bits per heavy atom. The topological polar surface area (TPSA) is 55.8 Å². The summed E-state index contributed by atoms with van der Waals surface area (Å²) >= 11 is 4.38. The van der Waals surface area contributed by atoms with Crippen molar-refractivity contribution >= 4 is 44.9 Å². The average Bonchev–Trinajstić information content (AvgIpc) is 2.96. The van der Waals surface area contributed by atoms with Gasteiger partial charge in [0, 0.05) is 16.6 Å². The molecule has 0 N–H and O–H groups in total. The molecule has 1 saturated heterocycles. The van der Waals surface area contributed by atoms with Crippen LogP contribution < -0.4 is 9.47 Å². The van der Waals surface area contributed by atoms with Crippen LogP contribution in [0.25, 0.3) is 6.08 Å². The first-order chi connectivity index (χ1) is 13.9. The fourth-order valence-corrected chi connectivity index (χ4v) is 4.06. The molecule has 152 valence electrons. The predicted octanol–water partition coefficient (Wildman–Crippen LogP) is 5.62. The number of rotatable bonds is 7. The van der Waals surface area contributed by atoms with Crippen molar-refractivity contribution in [2.45, 2.75) is 20.0 Å². The van der Waals surface area contributed by atoms with Crippen LogP contribution in [0.15, 0.2) is 45.8 Å². The number of thioether (sulfide) groups is 1. The lowest BCUT2D eigenvalue weighted by Gasteiger charge is -2.13. The summed E-state index contributed by atoms with van der Waals surface area (Å²) in [5, 5.41) is -0.268. The van der Waals surface area contributed by atoms with E-state index in [9.17, 15) is 14.0 Å². The monoisotopic (exact) mass is 479 g/mol. The van der Waals surface area contributed by atoms with Gasteiger partial charge in [0.1, 0.15) is 12.4 Å². The maximum atomic E-state index is 13.8. The molecule has 8 heteroatoms. The van der Waals surface area contributed by atoms with Crippen LogP contribution in [0.2, 0.25) is 0 Å². The molecule has 0 atom stereocenters. The minimum absolute atomic E-state index is 0.0464. The van der Waals surface area contributed by atoms with Gasteiger partial charge >= 0.3 is 0 Å². The van der Waals surface area contributed by atoms with E-state index in [0.717, 1.165) is 11.8 Å². The maximum absolute atomic E-state index is 13.8. The van der Waals surface area contributed by atoms with Crippen LogP contribution in [0.1, 0.15) is 24.5 Å². The number of carbonyl (C=O) groups excluding carboxylic acids is 2. The van der Waals surface area contributed by atoms with Crippen molar-refractivity contribution in [3.63, 3.8) is 0 Å². The van der Waals surface area contributed by atoms with Gasteiger partial charge in [-0.2, -0.15) is 0 Å². The highest BCUT2D eigenvalue weighted by molar-refractivity contribution is 9.10. The maximum Gasteiger partial charge on any atom is 0.293 e. The largest absolute Gasteiger partial charge is 0.493 e. The normalized spacial score (nSPS) is 15.3. The summed E-state index contributed by atoms with van der Waals surface area (Å²) in [4.78, 5) is 26.1. The zero-order valence-corrected chi connectivity index (χ0v) is 18.3. The highest BCUT2D eigenvalue weighted by atomic mass is 79.9. The van der Waals surface area contributed by atoms with E-state index in [4.69, 9.17) is 9.47 Å². The molecule has 5 nitrogen and oxygen atoms in total. The van der Waals surface area contributed by atoms with Gasteiger partial charge in [0.05, 0.1) is 12.0 Å². The van der Waals surface area contributed by atoms with Crippen molar-refractivity contribution in [1.82, 2.24) is 4.90 Å². The molecule has 0 spiro atoms. The Hall–Kier alpha value is -2.32. The van der Waals surface area contributed by atoms with Crippen molar-refractivity contribution in [2.24, 2.45) is 0 Å². The van der Waals surface area contributed by atoms with Crippen molar-refractivity contribution in [3.05, 3.63) is 62.7 Å². The summed E-state index contributed by atoms with van der Waals surface area (Å²) in [5.41, 5.74) is 1.10. The van der Waals surface area contributed by atoms with Crippen molar-refractivity contribution in [3.8, 4) is 11.5 Å². The van der Waals surface area contributed by atoms with Crippen molar-refractivity contribution in [2.75, 3.05) is 13.7 Å². The van der Waals surface area contributed by atoms with Crippen LogP contribution >= 0.6 is 27.7 Å². The quantitative estimate of drug-likeness (QED) is 0.482. The molecule has 0 saturated carbocycles. The summed E-state index contributed by atoms with van der Waals surface area (Å²) in [6.45, 7) is 2.36. The first-order valence-electron chi connectivity index (χ1n) is 8.93. The first-order valence-corrected chi connectivity index (χ1v) is 10.5. The number of hydrogen-bond donors (Lipinski definition) is 0. The smallest absolute Gasteiger partial charge is 0.293 e. The van der Waals surface area contributed by atoms with E-state index in [0.29, 0.717) is 45.0 Å². The Balaban J connectivity index is 1.84. The van der Waals surface area contributed by atoms with E-state index in [-0.39, 0.29) is 23.6 Å². The second-order valence-electron chi connectivity index (χ2n) is 6.24. The number of benzene rings is 2. The molecular formula is C21H19BrFNO4S. The Kier molecular flexibility index (Phi) is 6.97. The number of methoxy groups -OCH3 is 1. The zero-order chi connectivity index (χ0) is 21.0. The number of halogens is 2. The number of carbonyl (C=O) groups is 2. The van der Waals surface area contributed by atoms with E-state index in [2.05, 4.69) is 15.9 Å². The van der Waals surface area contributed by atoms with Gasteiger partial charge in [-0.15, -0.1) is 0 Å². The van der Waals surface area contributed by atoms with Crippen LogP contribution in [-0.4, -0.2) is 29.7 Å². The molecule has 1 aliphatic heterocycles. The van der Waals surface area contributed by atoms with Crippen LogP contribution in [-0.2, 0) is 11.4 Å². The zero-order valence-electron chi connectivity index (χ0n) is 15.9. The Bertz CT molecular complexity index is 979. The Labute approximate surface area is 181 Å². The second kappa shape index (κ2) is 9.45. The van der Waals surface area contributed by atoms with E-state index >= 15 is 0 Å². The lowest BCUT2D eigenvalue weighted by molar-refractivity contribution is -0.122. The third-order valence-electron chi connectivity index (χ3n) is 4.23. The van der Waals surface area contributed by atoms with Gasteiger partial charge in [0.2, 0.25) is 0 Å². The van der Waals surface area contributed by atoms with Gasteiger partial charge in [0.25, 0.3) is 11.1 Å². The molecule has 2 amide bonds. The molecule has 29 heavy (non-hydrogen) atoms. The average molecular weight is 480 g/mol. The summed E-state index contributed by atoms with van der Waals surface area (Å²) < 4.78 is 25.6. The minimum Gasteiger partial charge on any atom is -0.493 e. The van der Waals surface area contributed by atoms with Gasteiger partial charge < -0.3 is 9.47 Å². The first kappa shape index (κ1) is 21.4. The summed E-state index contributed by atoms with van der Waals surface area (Å²) in [6.07, 6.45) is 2.35. The summed E-state index contributed by atoms with van der Waals surface area (Å²) in [5.74, 6) is 0.222. The van der Waals surface area contributed by atoms with E-state index in [1.165, 1.54) is 18.1 Å². The van der Waals surface area contributed by atoms with E-state index in [1.54, 1.807) is 36.4 Å². The van der Waals surface area contributed by atoms with Gasteiger partial charge in [-0.25, -0.2) is 4.39 Å². The molecule has 1 fully saturated rings. The van der Waals surface area contributed by atoms with Gasteiger partial charge in [-0.05, 0) is 48.0 Å². The second-order valence-corrected chi connectivity index (χ2v) is 8.09.